The second-order valence-electron chi connectivity index (χ2n) is 3.86. The van der Waals surface area contributed by atoms with Crippen LogP contribution in [0.15, 0.2) is 22.7 Å². The van der Waals surface area contributed by atoms with Crippen molar-refractivity contribution in [2.75, 3.05) is 0 Å². The van der Waals surface area contributed by atoms with Crippen LogP contribution >= 0.6 is 27.5 Å². The molecule has 1 N–H and O–H groups in total. The summed E-state index contributed by atoms with van der Waals surface area (Å²) in [6.07, 6.45) is 3.86. The molecule has 1 aromatic rings. The third kappa shape index (κ3) is 1.83. The van der Waals surface area contributed by atoms with E-state index in [4.69, 9.17) is 11.6 Å². The lowest BCUT2D eigenvalue weighted by Crippen LogP contribution is -2.21. The van der Waals surface area contributed by atoms with Crippen molar-refractivity contribution >= 4 is 27.5 Å². The highest BCUT2D eigenvalue weighted by Gasteiger charge is 2.34. The van der Waals surface area contributed by atoms with Gasteiger partial charge in [-0.15, -0.1) is 0 Å². The van der Waals surface area contributed by atoms with E-state index < -0.39 is 5.60 Å². The molecule has 0 bridgehead atoms. The molecule has 0 spiro atoms. The van der Waals surface area contributed by atoms with Crippen LogP contribution in [0.2, 0.25) is 5.02 Å². The Morgan fingerprint density at radius 2 is 1.93 bits per heavy atom. The van der Waals surface area contributed by atoms with Gasteiger partial charge in [0, 0.05) is 9.50 Å². The van der Waals surface area contributed by atoms with Gasteiger partial charge in [0.25, 0.3) is 0 Å². The molecular weight excluding hydrogens is 263 g/mol. The number of benzene rings is 1. The van der Waals surface area contributed by atoms with Gasteiger partial charge in [-0.05, 0) is 36.6 Å². The molecule has 0 radical (unpaired) electrons. The van der Waals surface area contributed by atoms with Crippen LogP contribution < -0.4 is 0 Å². The van der Waals surface area contributed by atoms with Gasteiger partial charge in [0.05, 0.1) is 5.60 Å². The van der Waals surface area contributed by atoms with E-state index in [-0.39, 0.29) is 0 Å². The molecule has 0 saturated heterocycles. The highest BCUT2D eigenvalue weighted by atomic mass is 79.9. The summed E-state index contributed by atoms with van der Waals surface area (Å²) in [7, 11) is 0. The first-order chi connectivity index (χ1) is 6.62. The molecule has 1 nitrogen and oxygen atoms in total. The average Bonchev–Trinajstić information content (AvgIpc) is 2.58. The Morgan fingerprint density at radius 3 is 2.57 bits per heavy atom. The summed E-state index contributed by atoms with van der Waals surface area (Å²) in [6.45, 7) is 0. The van der Waals surface area contributed by atoms with Crippen molar-refractivity contribution in [1.29, 1.82) is 0 Å². The standard InChI is InChI=1S/C11H12BrClO/c12-10-4-3-8(13)7-9(10)11(14)5-1-2-6-11/h3-4,7,14H,1-2,5-6H2. The zero-order valence-corrected chi connectivity index (χ0v) is 10.1. The van der Waals surface area contributed by atoms with E-state index >= 15 is 0 Å². The largest absolute Gasteiger partial charge is 0.385 e. The molecular formula is C11H12BrClO. The first-order valence-corrected chi connectivity index (χ1v) is 5.97. The van der Waals surface area contributed by atoms with E-state index in [0.29, 0.717) is 5.02 Å². The van der Waals surface area contributed by atoms with Crippen LogP contribution in [0, 0.1) is 0 Å². The molecule has 2 rings (SSSR count). The van der Waals surface area contributed by atoms with Crippen molar-refractivity contribution in [1.82, 2.24) is 0 Å². The molecule has 76 valence electrons. The second-order valence-corrected chi connectivity index (χ2v) is 5.15. The summed E-state index contributed by atoms with van der Waals surface area (Å²) >= 11 is 9.38. The lowest BCUT2D eigenvalue weighted by molar-refractivity contribution is 0.0437. The Labute approximate surface area is 97.2 Å². The average molecular weight is 276 g/mol. The molecule has 14 heavy (non-hydrogen) atoms. The smallest absolute Gasteiger partial charge is 0.0908 e. The minimum Gasteiger partial charge on any atom is -0.385 e. The maximum Gasteiger partial charge on any atom is 0.0908 e. The lowest BCUT2D eigenvalue weighted by Gasteiger charge is -2.24. The molecule has 1 saturated carbocycles. The summed E-state index contributed by atoms with van der Waals surface area (Å²) in [6, 6.07) is 5.58. The Morgan fingerprint density at radius 1 is 1.29 bits per heavy atom. The lowest BCUT2D eigenvalue weighted by atomic mass is 9.92. The van der Waals surface area contributed by atoms with E-state index in [2.05, 4.69) is 15.9 Å². The predicted octanol–water partition coefficient (Wildman–Crippen LogP) is 3.86. The first kappa shape index (κ1) is 10.5. The van der Waals surface area contributed by atoms with Gasteiger partial charge in [-0.2, -0.15) is 0 Å². The maximum absolute atomic E-state index is 10.4. The summed E-state index contributed by atoms with van der Waals surface area (Å²) in [5.74, 6) is 0. The molecule has 0 amide bonds. The van der Waals surface area contributed by atoms with Crippen LogP contribution in [-0.4, -0.2) is 5.11 Å². The van der Waals surface area contributed by atoms with Gasteiger partial charge in [-0.1, -0.05) is 40.4 Å². The highest BCUT2D eigenvalue weighted by Crippen LogP contribution is 2.42. The van der Waals surface area contributed by atoms with E-state index in [1.165, 1.54) is 0 Å². The summed E-state index contributed by atoms with van der Waals surface area (Å²) < 4.78 is 0.950. The van der Waals surface area contributed by atoms with Crippen molar-refractivity contribution in [3.05, 3.63) is 33.3 Å². The normalized spacial score (nSPS) is 19.9. The van der Waals surface area contributed by atoms with Crippen molar-refractivity contribution < 1.29 is 5.11 Å². The van der Waals surface area contributed by atoms with Crippen molar-refractivity contribution in [2.24, 2.45) is 0 Å². The van der Waals surface area contributed by atoms with Gasteiger partial charge in [0.15, 0.2) is 0 Å². The van der Waals surface area contributed by atoms with Crippen LogP contribution in [0.25, 0.3) is 0 Å². The number of hydrogen-bond acceptors (Lipinski definition) is 1. The SMILES string of the molecule is OC1(c2cc(Cl)ccc2Br)CCCC1. The third-order valence-corrected chi connectivity index (χ3v) is 3.79. The molecule has 0 atom stereocenters. The van der Waals surface area contributed by atoms with Crippen LogP contribution in [0.4, 0.5) is 0 Å². The fraction of sp³-hybridized carbons (Fsp3) is 0.455. The predicted molar refractivity (Wildman–Crippen MR) is 61.5 cm³/mol. The van der Waals surface area contributed by atoms with Gasteiger partial charge in [0.1, 0.15) is 0 Å². The molecule has 1 aromatic carbocycles. The topological polar surface area (TPSA) is 20.2 Å². The maximum atomic E-state index is 10.4. The van der Waals surface area contributed by atoms with E-state index in [1.807, 2.05) is 18.2 Å². The second kappa shape index (κ2) is 3.84. The van der Waals surface area contributed by atoms with Crippen LogP contribution in [-0.2, 0) is 5.60 Å². The number of halogens is 2. The number of rotatable bonds is 1. The van der Waals surface area contributed by atoms with Gasteiger partial charge in [-0.3, -0.25) is 0 Å². The Bertz CT molecular complexity index is 345. The fourth-order valence-electron chi connectivity index (χ4n) is 2.08. The monoisotopic (exact) mass is 274 g/mol. The van der Waals surface area contributed by atoms with Crippen molar-refractivity contribution in [2.45, 2.75) is 31.3 Å². The minimum atomic E-state index is -0.663. The highest BCUT2D eigenvalue weighted by molar-refractivity contribution is 9.10. The Kier molecular flexibility index (Phi) is 2.87. The molecule has 0 aliphatic heterocycles. The van der Waals surface area contributed by atoms with Gasteiger partial charge >= 0.3 is 0 Å². The summed E-state index contributed by atoms with van der Waals surface area (Å²) in [4.78, 5) is 0. The zero-order chi connectivity index (χ0) is 10.2. The quantitative estimate of drug-likeness (QED) is 0.825. The van der Waals surface area contributed by atoms with Crippen molar-refractivity contribution in [3.63, 3.8) is 0 Å². The Hall–Kier alpha value is -0.0500. The fourth-order valence-corrected chi connectivity index (χ4v) is 2.87. The third-order valence-electron chi connectivity index (χ3n) is 2.86. The molecule has 0 aromatic heterocycles. The summed E-state index contributed by atoms with van der Waals surface area (Å²) in [5, 5.41) is 11.1. The van der Waals surface area contributed by atoms with Crippen LogP contribution in [0.1, 0.15) is 31.2 Å². The molecule has 1 aliphatic rings. The van der Waals surface area contributed by atoms with Crippen LogP contribution in [0.3, 0.4) is 0 Å². The van der Waals surface area contributed by atoms with Crippen molar-refractivity contribution in [3.8, 4) is 0 Å². The molecule has 1 fully saturated rings. The van der Waals surface area contributed by atoms with Crippen LogP contribution in [0.5, 0.6) is 0 Å². The van der Waals surface area contributed by atoms with Gasteiger partial charge in [0.2, 0.25) is 0 Å². The molecule has 0 unspecified atom stereocenters. The van der Waals surface area contributed by atoms with E-state index in [1.54, 1.807) is 0 Å². The summed E-state index contributed by atoms with van der Waals surface area (Å²) in [5.41, 5.74) is 0.270. The van der Waals surface area contributed by atoms with E-state index in [0.717, 1.165) is 35.7 Å². The van der Waals surface area contributed by atoms with E-state index in [9.17, 15) is 5.11 Å². The minimum absolute atomic E-state index is 0.663. The zero-order valence-electron chi connectivity index (χ0n) is 7.76. The first-order valence-electron chi connectivity index (χ1n) is 4.80. The number of aliphatic hydroxyl groups is 1. The Balaban J connectivity index is 2.44. The number of hydrogen-bond donors (Lipinski definition) is 1. The molecule has 3 heteroatoms. The van der Waals surface area contributed by atoms with Gasteiger partial charge < -0.3 is 5.11 Å². The molecule has 0 heterocycles. The van der Waals surface area contributed by atoms with Gasteiger partial charge in [-0.25, -0.2) is 0 Å². The molecule has 1 aliphatic carbocycles.